The van der Waals surface area contributed by atoms with E-state index in [1.54, 1.807) is 13.8 Å². The number of carbonyl (C=O) groups excluding carboxylic acids is 1. The van der Waals surface area contributed by atoms with Crippen LogP contribution < -0.4 is 10.6 Å². The van der Waals surface area contributed by atoms with Crippen LogP contribution in [0.4, 0.5) is 24.8 Å². The second-order valence-corrected chi connectivity index (χ2v) is 8.13. The van der Waals surface area contributed by atoms with Crippen LogP contribution in [0.25, 0.3) is 0 Å². The summed E-state index contributed by atoms with van der Waals surface area (Å²) in [6, 6.07) is -0.528. The number of carbonyl (C=O) groups is 1. The molecule has 2 aromatic heterocycles. The summed E-state index contributed by atoms with van der Waals surface area (Å²) in [6.07, 6.45) is -1.60. The molecule has 4 heterocycles. The van der Waals surface area contributed by atoms with Crippen LogP contribution in [-0.2, 0) is 25.1 Å². The van der Waals surface area contributed by atoms with Gasteiger partial charge in [-0.05, 0) is 13.8 Å². The highest BCUT2D eigenvalue weighted by molar-refractivity contribution is 5.86. The van der Waals surface area contributed by atoms with Gasteiger partial charge in [0.15, 0.2) is 17.2 Å². The summed E-state index contributed by atoms with van der Waals surface area (Å²) in [7, 11) is 1.25. The fourth-order valence-electron chi connectivity index (χ4n) is 3.73. The molecule has 0 saturated carbocycles. The fourth-order valence-corrected chi connectivity index (χ4v) is 3.73. The zero-order valence-electron chi connectivity index (χ0n) is 18.5. The van der Waals surface area contributed by atoms with Gasteiger partial charge in [0.2, 0.25) is 0 Å². The Morgan fingerprint density at radius 3 is 2.59 bits per heavy atom. The van der Waals surface area contributed by atoms with Crippen molar-refractivity contribution in [1.29, 1.82) is 0 Å². The first-order chi connectivity index (χ1) is 16.1. The molecule has 34 heavy (non-hydrogen) atoms. The Kier molecular flexibility index (Phi) is 6.55. The Morgan fingerprint density at radius 2 is 1.91 bits per heavy atom. The first-order valence-electron chi connectivity index (χ1n) is 10.3. The van der Waals surface area contributed by atoms with E-state index in [1.165, 1.54) is 25.7 Å². The monoisotopic (exact) mass is 484 g/mol. The predicted molar refractivity (Wildman–Crippen MR) is 110 cm³/mol. The van der Waals surface area contributed by atoms with Crippen molar-refractivity contribution in [2.24, 2.45) is 0 Å². The van der Waals surface area contributed by atoms with Gasteiger partial charge in [0.1, 0.15) is 29.9 Å². The number of hydrogen-bond donors (Lipinski definition) is 2. The van der Waals surface area contributed by atoms with Crippen molar-refractivity contribution in [2.75, 3.05) is 30.9 Å². The molecular formula is C20H23F3N6O5. The molecule has 0 spiro atoms. The van der Waals surface area contributed by atoms with Crippen molar-refractivity contribution in [2.45, 2.75) is 50.2 Å². The van der Waals surface area contributed by atoms with E-state index in [0.29, 0.717) is 12.0 Å². The Bertz CT molecular complexity index is 1020. The number of aromatic nitrogens is 4. The minimum absolute atomic E-state index is 0.0481. The first-order valence-corrected chi connectivity index (χ1v) is 10.3. The van der Waals surface area contributed by atoms with Crippen LogP contribution in [0.15, 0.2) is 24.8 Å². The summed E-state index contributed by atoms with van der Waals surface area (Å²) >= 11 is 0. The number of alkyl halides is 3. The van der Waals surface area contributed by atoms with Crippen LogP contribution in [0.3, 0.4) is 0 Å². The second kappa shape index (κ2) is 9.27. The summed E-state index contributed by atoms with van der Waals surface area (Å²) in [5.74, 6) is -1.17. The smallest absolute Gasteiger partial charge is 0.434 e. The molecular weight excluding hydrogens is 461 g/mol. The molecule has 2 aliphatic heterocycles. The zero-order chi connectivity index (χ0) is 24.5. The van der Waals surface area contributed by atoms with E-state index < -0.39 is 48.0 Å². The van der Waals surface area contributed by atoms with Gasteiger partial charge >= 0.3 is 12.1 Å². The molecule has 4 atom stereocenters. The van der Waals surface area contributed by atoms with Crippen molar-refractivity contribution in [1.82, 2.24) is 19.9 Å². The molecule has 0 unspecified atom stereocenters. The molecule has 0 amide bonds. The second-order valence-electron chi connectivity index (χ2n) is 8.13. The molecule has 0 aliphatic carbocycles. The van der Waals surface area contributed by atoms with E-state index in [9.17, 15) is 18.0 Å². The van der Waals surface area contributed by atoms with Gasteiger partial charge in [-0.15, -0.1) is 0 Å². The maximum Gasteiger partial charge on any atom is 0.434 e. The number of halogens is 3. The lowest BCUT2D eigenvalue weighted by molar-refractivity contribution is -0.152. The molecule has 2 N–H and O–H groups in total. The third-order valence-corrected chi connectivity index (χ3v) is 5.21. The number of fused-ring (bicyclic) bond motifs is 1. The van der Waals surface area contributed by atoms with Gasteiger partial charge in [0.25, 0.3) is 0 Å². The normalized spacial score (nSPS) is 25.9. The van der Waals surface area contributed by atoms with Gasteiger partial charge < -0.3 is 29.6 Å². The highest BCUT2D eigenvalue weighted by atomic mass is 19.4. The Balaban J connectivity index is 1.43. The summed E-state index contributed by atoms with van der Waals surface area (Å²) in [5, 5.41) is 6.00. The first kappa shape index (κ1) is 24.0. The highest BCUT2D eigenvalue weighted by Gasteiger charge is 2.52. The van der Waals surface area contributed by atoms with Crippen molar-refractivity contribution < 1.29 is 36.9 Å². The van der Waals surface area contributed by atoms with Gasteiger partial charge in [0, 0.05) is 6.54 Å². The maximum absolute atomic E-state index is 13.0. The predicted octanol–water partition coefficient (Wildman–Crippen LogP) is 1.88. The van der Waals surface area contributed by atoms with E-state index in [-0.39, 0.29) is 24.7 Å². The number of hydrogen-bond acceptors (Lipinski definition) is 11. The van der Waals surface area contributed by atoms with Crippen LogP contribution >= 0.6 is 0 Å². The molecule has 0 aromatic carbocycles. The van der Waals surface area contributed by atoms with Crippen LogP contribution in [0.5, 0.6) is 0 Å². The van der Waals surface area contributed by atoms with E-state index in [0.717, 1.165) is 0 Å². The van der Waals surface area contributed by atoms with E-state index in [1.807, 2.05) is 0 Å². The molecule has 184 valence electrons. The van der Waals surface area contributed by atoms with E-state index >= 15 is 0 Å². The van der Waals surface area contributed by atoms with Gasteiger partial charge in [-0.3, -0.25) is 4.98 Å². The van der Waals surface area contributed by atoms with E-state index in [4.69, 9.17) is 14.2 Å². The topological polar surface area (TPSA) is 130 Å². The molecule has 14 heteroatoms. The molecule has 4 rings (SSSR count). The van der Waals surface area contributed by atoms with Gasteiger partial charge in [-0.25, -0.2) is 19.7 Å². The molecule has 0 bridgehead atoms. The molecule has 2 fully saturated rings. The van der Waals surface area contributed by atoms with Crippen LogP contribution in [0.1, 0.15) is 30.0 Å². The van der Waals surface area contributed by atoms with Crippen molar-refractivity contribution in [3.63, 3.8) is 0 Å². The summed E-state index contributed by atoms with van der Waals surface area (Å²) in [5.41, 5.74) is -1.03. The molecule has 0 radical (unpaired) electrons. The summed E-state index contributed by atoms with van der Waals surface area (Å²) in [4.78, 5) is 26.8. The number of esters is 1. The molecule has 11 nitrogen and oxygen atoms in total. The zero-order valence-corrected chi connectivity index (χ0v) is 18.5. The lowest BCUT2D eigenvalue weighted by Gasteiger charge is -2.37. The number of methoxy groups -OCH3 is 1. The number of ether oxygens (including phenoxy) is 4. The Labute approximate surface area is 192 Å². The van der Waals surface area contributed by atoms with Crippen molar-refractivity contribution in [3.8, 4) is 0 Å². The number of nitrogens with zero attached hydrogens (tertiary/aromatic N) is 4. The summed E-state index contributed by atoms with van der Waals surface area (Å²) in [6.45, 7) is 3.89. The van der Waals surface area contributed by atoms with E-state index in [2.05, 4.69) is 35.3 Å². The number of anilines is 2. The van der Waals surface area contributed by atoms with Crippen molar-refractivity contribution >= 4 is 17.6 Å². The molecule has 2 aromatic rings. The van der Waals surface area contributed by atoms with Gasteiger partial charge in [0.05, 0.1) is 44.5 Å². The minimum atomic E-state index is -4.61. The number of rotatable bonds is 6. The van der Waals surface area contributed by atoms with Crippen molar-refractivity contribution in [3.05, 3.63) is 36.2 Å². The quantitative estimate of drug-likeness (QED) is 0.583. The lowest BCUT2D eigenvalue weighted by atomic mass is 9.98. The molecule has 2 aliphatic rings. The minimum Gasteiger partial charge on any atom is -0.464 e. The average Bonchev–Trinajstić information content (AvgIpc) is 3.13. The average molecular weight is 484 g/mol. The standard InChI is InChI=1S/C20H23F3N6O5/c1-19(2)33-16-11(28-15-7-24-6-13(29-15)20(21,22)23)9-32-12(17(16)34-19)5-27-14-8-25-10(4-26-14)18(30)31-3/h4,6-8,11-12,16-17H,5,9H2,1-3H3,(H,26,27)(H,28,29)/t11-,12+,16+,17-/m0/s1. The fraction of sp³-hybridized carbons (Fsp3) is 0.550. The van der Waals surface area contributed by atoms with Crippen LogP contribution in [-0.4, -0.2) is 76.3 Å². The Morgan fingerprint density at radius 1 is 1.15 bits per heavy atom. The SMILES string of the molecule is COC(=O)c1cnc(NC[C@H]2OC[C@H](Nc3cncc(C(F)(F)F)n3)[C@H]3OC(C)(C)O[C@H]32)cn1. The maximum atomic E-state index is 13.0. The largest absolute Gasteiger partial charge is 0.464 e. The van der Waals surface area contributed by atoms with Crippen LogP contribution in [0.2, 0.25) is 0 Å². The third kappa shape index (κ3) is 5.34. The third-order valence-electron chi connectivity index (χ3n) is 5.21. The lowest BCUT2D eigenvalue weighted by Crippen LogP contribution is -2.56. The summed E-state index contributed by atoms with van der Waals surface area (Å²) < 4.78 is 61.5. The number of nitrogens with one attached hydrogen (secondary N) is 2. The van der Waals surface area contributed by atoms with Gasteiger partial charge in [-0.1, -0.05) is 0 Å². The Hall–Kier alpha value is -3.10. The highest BCUT2D eigenvalue weighted by Crippen LogP contribution is 2.36. The van der Waals surface area contributed by atoms with Gasteiger partial charge in [-0.2, -0.15) is 13.2 Å². The molecule has 2 saturated heterocycles. The van der Waals surface area contributed by atoms with Crippen LogP contribution in [0, 0.1) is 0 Å².